The Morgan fingerprint density at radius 2 is 0.511 bits per heavy atom. The van der Waals surface area contributed by atoms with Gasteiger partial charge in [-0.15, -0.1) is 0 Å². The molecular formula is C76H125N5O56. The molecule has 0 aromatic carbocycles. The van der Waals surface area contributed by atoms with Crippen molar-refractivity contribution in [3.63, 3.8) is 0 Å². The third kappa shape index (κ3) is 25.0. The van der Waals surface area contributed by atoms with Crippen LogP contribution in [0.25, 0.3) is 0 Å². The van der Waals surface area contributed by atoms with Crippen LogP contribution in [0.4, 0.5) is 0 Å². The molecule has 0 aromatic heterocycles. The number of carboxylic acid groups (broad SMARTS) is 1. The molecule has 0 radical (unpaired) electrons. The molecule has 0 unspecified atom stereocenters. The average molecular weight is 2000 g/mol. The van der Waals surface area contributed by atoms with Gasteiger partial charge in [0.1, 0.15) is 256 Å². The highest BCUT2D eigenvalue weighted by molar-refractivity contribution is 5.75. The summed E-state index contributed by atoms with van der Waals surface area (Å²) < 4.78 is 127. The number of carbonyl (C=O) groups excluding carboxylic acids is 5. The van der Waals surface area contributed by atoms with Crippen LogP contribution in [-0.2, 0) is 128 Å². The largest absolute Gasteiger partial charge is 0.479 e. The molecule has 34 N–H and O–H groups in total. The lowest BCUT2D eigenvalue weighted by molar-refractivity contribution is -0.408. The summed E-state index contributed by atoms with van der Waals surface area (Å²) in [5.41, 5.74) is 0. The lowest BCUT2D eigenvalue weighted by Gasteiger charge is -2.52. The molecule has 11 aliphatic heterocycles. The zero-order chi connectivity index (χ0) is 101. The summed E-state index contributed by atoms with van der Waals surface area (Å²) >= 11 is 0. The molecule has 0 aromatic rings. The van der Waals surface area contributed by atoms with Gasteiger partial charge in [-0.25, -0.2) is 4.79 Å². The smallest absolute Gasteiger partial charge is 0.335 e. The molecule has 790 valence electrons. The van der Waals surface area contributed by atoms with E-state index < -0.39 is 432 Å². The first-order valence-corrected chi connectivity index (χ1v) is 43.5. The molecule has 11 fully saturated rings. The van der Waals surface area contributed by atoms with Crippen molar-refractivity contribution in [2.24, 2.45) is 0 Å². The van der Waals surface area contributed by atoms with E-state index in [2.05, 4.69) is 26.6 Å². The summed E-state index contributed by atoms with van der Waals surface area (Å²) in [6.07, 6.45) is -111. The molecule has 0 spiro atoms. The van der Waals surface area contributed by atoms with E-state index in [0.717, 1.165) is 34.6 Å². The molecule has 11 aliphatic rings. The fourth-order valence-electron chi connectivity index (χ4n) is 17.6. The van der Waals surface area contributed by atoms with Gasteiger partial charge in [0.25, 0.3) is 0 Å². The maximum Gasteiger partial charge on any atom is 0.335 e. The number of aliphatic carboxylic acids is 1. The van der Waals surface area contributed by atoms with Gasteiger partial charge < -0.3 is 274 Å². The number of hydrogen-bond donors (Lipinski definition) is 34. The summed E-state index contributed by atoms with van der Waals surface area (Å²) in [5, 5.41) is 339. The summed E-state index contributed by atoms with van der Waals surface area (Å²) in [6.45, 7) is -5.15. The summed E-state index contributed by atoms with van der Waals surface area (Å²) in [7, 11) is 0. The van der Waals surface area contributed by atoms with Crippen LogP contribution < -0.4 is 26.6 Å². The van der Waals surface area contributed by atoms with Crippen LogP contribution in [0.5, 0.6) is 0 Å². The molecule has 11 heterocycles. The van der Waals surface area contributed by atoms with Gasteiger partial charge in [-0.1, -0.05) is 0 Å². The van der Waals surface area contributed by atoms with Crippen LogP contribution in [0.15, 0.2) is 0 Å². The van der Waals surface area contributed by atoms with E-state index in [-0.39, 0.29) is 0 Å². The predicted octanol–water partition coefficient (Wildman–Crippen LogP) is -23.1. The molecule has 5 amide bonds. The van der Waals surface area contributed by atoms with E-state index in [1.54, 1.807) is 0 Å². The minimum atomic E-state index is -2.80. The second-order valence-electron chi connectivity index (χ2n) is 34.6. The average Bonchev–Trinajstić information content (AvgIpc) is 0.755. The Hall–Kier alpha value is -5.14. The SMILES string of the molecule is CC(=O)N[C@@H]1[C@@H](O)[C@H](O[C@@H]2O[C@H](CO)[C@@H](O[C@H]3O[C@H](CO[C@H]4O[C@H](CO)[C@@H](O)[C@H](O)[C@@H]4O[C@@H]4O[C@H](CO)[C@@H](O[C@@H]5O[C@H](CO)[C@H](O)[C@H](O[C@@H]6O[C@H](C(=O)O)[C@@H](O)[C@H](O)[C@H]6O)[C@H]5O)[C@H](O)[C@H]4NC(C)=O)[C@@H](O[C@@H]4O[C@H](CO)[C@@H](O)[C@H](O)[C@H]4NC(C)=O)[C@H](O[C@@H]4O[C@H](CO)[C@@H](O)[C@H](O)[C@@H]4O[C@@H]4O[C@H](CO)[C@@H](O)[C@H](O)[C@H]4NC(C)=O)[C@@H]3O)[C@H](O)[C@H]2NC(C)=O)[C@@H](CO[C@@H]2O[C@H](C)[C@H](O)[C@H](O)[C@H]2O)O[C@H]1O. The van der Waals surface area contributed by atoms with Gasteiger partial charge in [-0.2, -0.15) is 0 Å². The minimum absolute atomic E-state index is 0.866. The third-order valence-corrected chi connectivity index (χ3v) is 24.9. The van der Waals surface area contributed by atoms with Crippen LogP contribution in [0.2, 0.25) is 0 Å². The summed E-state index contributed by atoms with van der Waals surface area (Å²) in [6, 6.07) is -10.1. The van der Waals surface area contributed by atoms with Crippen molar-refractivity contribution >= 4 is 35.5 Å². The molecule has 137 heavy (non-hydrogen) atoms. The van der Waals surface area contributed by atoms with Gasteiger partial charge in [-0.3, -0.25) is 24.0 Å². The van der Waals surface area contributed by atoms with Crippen molar-refractivity contribution in [1.82, 2.24) is 26.6 Å². The molecule has 0 aliphatic carbocycles. The van der Waals surface area contributed by atoms with Gasteiger partial charge in [-0.05, 0) is 6.92 Å². The normalized spacial score (nSPS) is 48.9. The van der Waals surface area contributed by atoms with E-state index in [4.69, 9.17) is 99.5 Å². The first-order valence-electron chi connectivity index (χ1n) is 43.5. The molecule has 0 bridgehead atoms. The van der Waals surface area contributed by atoms with Crippen LogP contribution in [0.3, 0.4) is 0 Å². The number of aliphatic hydroxyl groups is 28. The maximum absolute atomic E-state index is 13.5. The lowest BCUT2D eigenvalue weighted by atomic mass is 9.93. The van der Waals surface area contributed by atoms with Crippen molar-refractivity contribution in [3.05, 3.63) is 0 Å². The Labute approximate surface area is 774 Å². The molecule has 61 nitrogen and oxygen atoms in total. The molecular weight excluding hydrogens is 1880 g/mol. The number of nitrogens with one attached hydrogen (secondary N) is 5. The van der Waals surface area contributed by atoms with E-state index in [9.17, 15) is 177 Å². The number of aliphatic hydroxyl groups excluding tert-OH is 28. The monoisotopic (exact) mass is 2000 g/mol. The Morgan fingerprint density at radius 3 is 0.942 bits per heavy atom. The lowest BCUT2D eigenvalue weighted by Crippen LogP contribution is -2.71. The van der Waals surface area contributed by atoms with Crippen LogP contribution in [-0.4, -0.2) is 581 Å². The second-order valence-corrected chi connectivity index (χ2v) is 34.6. The Kier molecular flexibility index (Phi) is 39.9. The summed E-state index contributed by atoms with van der Waals surface area (Å²) in [4.78, 5) is 77.4. The van der Waals surface area contributed by atoms with E-state index in [1.165, 1.54) is 6.92 Å². The first kappa shape index (κ1) is 112. The zero-order valence-electron chi connectivity index (χ0n) is 73.6. The van der Waals surface area contributed by atoms with Crippen LogP contribution >= 0.6 is 0 Å². The molecule has 55 atom stereocenters. The Bertz CT molecular complexity index is 3860. The van der Waals surface area contributed by atoms with E-state index in [0.29, 0.717) is 0 Å². The quantitative estimate of drug-likeness (QED) is 0.0280. The number of rotatable bonds is 35. The highest BCUT2D eigenvalue weighted by Gasteiger charge is 2.63. The number of ether oxygens (including phenoxy) is 21. The van der Waals surface area contributed by atoms with E-state index >= 15 is 0 Å². The standard InChI is InChI=1S/C76H125N5O56/c1-16-36(94)47(105)52(110)71(119-16)117-14-29-58(44(102)31(66(116)120-29)77-17(2)89)129-69-34(80-20(5)92)45(103)57(27(12-87)126-69)131-74-55(113)61(134-76-64(50(108)40(98)25(10-85)125-76)137-68-33(79-19(4)91)43(101)38(96)23(8-83)122-68)59(132-67-32(78-18(3)90)42(100)37(95)22(7-82)121-67)30(128-74)15-118-75-63(49(107)39(97)24(9-84)124-75)136-70-35(81-21(6)93)46(104)56(28(13-88)127-70)130-73-54(112)60(41(99)26(11-86)123-73)133-72-53(111)48(106)51(109)62(135-72)65(114)115/h16,22-64,66-76,82-88,94-113,116H,7-15H2,1-6H3,(H,77,89)(H,78,90)(H,79,91)(H,80,92)(H,81,93)(H,114,115)/t16-,22-,23-,24-,25-,26-,27-,28-,29-,30-,31-,32-,33-,34-,35-,36+,37-,38-,39-,40-,41+,42-,43-,44-,45-,46-,47+,48+,49+,50+,51+,52-,53-,54-,55+,56-,57-,58-,59-,60+,61-,62+,63+,64+,66-,67+,68+,69+,70+,71-,72-,73+,74-,75+,76+/m1/s1. The molecule has 11 rings (SSSR count). The van der Waals surface area contributed by atoms with Gasteiger partial charge in [0, 0.05) is 34.6 Å². The molecule has 61 heteroatoms. The number of carbonyl (C=O) groups is 6. The van der Waals surface area contributed by atoms with Crippen molar-refractivity contribution in [2.75, 3.05) is 59.5 Å². The van der Waals surface area contributed by atoms with Crippen LogP contribution in [0, 0.1) is 0 Å². The summed E-state index contributed by atoms with van der Waals surface area (Å²) in [5.74, 6) is -6.86. The van der Waals surface area contributed by atoms with Gasteiger partial charge in [0.05, 0.1) is 65.6 Å². The number of hydrogen-bond acceptors (Lipinski definition) is 55. The van der Waals surface area contributed by atoms with Gasteiger partial charge in [0.2, 0.25) is 29.5 Å². The van der Waals surface area contributed by atoms with Crippen molar-refractivity contribution < 1.29 is 276 Å². The van der Waals surface area contributed by atoms with Crippen molar-refractivity contribution in [2.45, 2.75) is 379 Å². The van der Waals surface area contributed by atoms with Crippen LogP contribution in [0.1, 0.15) is 41.5 Å². The zero-order valence-corrected chi connectivity index (χ0v) is 73.6. The number of carboxylic acids is 1. The fraction of sp³-hybridized carbons (Fsp3) is 0.921. The minimum Gasteiger partial charge on any atom is -0.479 e. The second kappa shape index (κ2) is 48.7. The van der Waals surface area contributed by atoms with E-state index in [1.807, 2.05) is 0 Å². The van der Waals surface area contributed by atoms with Crippen molar-refractivity contribution in [3.8, 4) is 0 Å². The number of amides is 5. The predicted molar refractivity (Wildman–Crippen MR) is 419 cm³/mol. The Balaban J connectivity index is 0.989. The highest BCUT2D eigenvalue weighted by Crippen LogP contribution is 2.42. The highest BCUT2D eigenvalue weighted by atomic mass is 16.8. The molecule has 0 saturated carbocycles. The topological polar surface area (TPSA) is 943 Å². The fourth-order valence-corrected chi connectivity index (χ4v) is 17.6. The van der Waals surface area contributed by atoms with Crippen molar-refractivity contribution in [1.29, 1.82) is 0 Å². The van der Waals surface area contributed by atoms with Gasteiger partial charge in [0.15, 0.2) is 75.3 Å². The van der Waals surface area contributed by atoms with Gasteiger partial charge >= 0.3 is 5.97 Å². The maximum atomic E-state index is 13.5. The Morgan fingerprint density at radius 1 is 0.226 bits per heavy atom. The third-order valence-electron chi connectivity index (χ3n) is 24.9. The first-order chi connectivity index (χ1) is 64.7. The molecule has 11 saturated heterocycles.